The topological polar surface area (TPSA) is 178 Å². The molecule has 438 valence electrons. The lowest BCUT2D eigenvalue weighted by molar-refractivity contribution is -0.233. The maximum absolute atomic E-state index is 16.3. The zero-order valence-corrected chi connectivity index (χ0v) is 49.8. The minimum absolute atomic E-state index is 0.0332. The number of ketones is 2. The first-order valence-corrected chi connectivity index (χ1v) is 32.9. The van der Waals surface area contributed by atoms with Crippen LogP contribution in [0.3, 0.4) is 0 Å². The summed E-state index contributed by atoms with van der Waals surface area (Å²) in [5.74, 6) is 2.89. The molecule has 80 heavy (non-hydrogen) atoms. The van der Waals surface area contributed by atoms with Crippen LogP contribution < -0.4 is 16.4 Å². The van der Waals surface area contributed by atoms with Crippen molar-refractivity contribution in [2.45, 2.75) is 237 Å². The van der Waals surface area contributed by atoms with Crippen LogP contribution in [0, 0.1) is 80.8 Å². The third-order valence-electron chi connectivity index (χ3n) is 26.2. The number of aliphatic hydroxyl groups is 3. The maximum atomic E-state index is 16.3. The quantitative estimate of drug-likeness (QED) is 0.0895. The lowest BCUT2D eigenvalue weighted by Gasteiger charge is -2.74. The Kier molecular flexibility index (Phi) is 14.4. The van der Waals surface area contributed by atoms with E-state index in [1.165, 1.54) is 29.5 Å². The summed E-state index contributed by atoms with van der Waals surface area (Å²) in [6.07, 6.45) is 21.5. The number of phenols is 1. The van der Waals surface area contributed by atoms with E-state index < -0.39 is 33.6 Å². The number of fused-ring (bicyclic) bond motifs is 1. The molecule has 2 heterocycles. The van der Waals surface area contributed by atoms with Gasteiger partial charge >= 0.3 is 0 Å². The van der Waals surface area contributed by atoms with E-state index in [0.29, 0.717) is 73.5 Å². The average Bonchev–Trinajstić information content (AvgIpc) is 1.28. The number of Topliss-reactive ketones (excluding diaryl/α,β-unsaturated/α-hetero) is 2. The van der Waals surface area contributed by atoms with E-state index in [1.54, 1.807) is 0 Å². The molecule has 0 amide bonds. The maximum Gasteiger partial charge on any atom is 0.160 e. The average molecular weight is 1100 g/mol. The molecule has 10 heteroatoms. The minimum Gasteiger partial charge on any atom is -0.508 e. The zero-order chi connectivity index (χ0) is 55.9. The summed E-state index contributed by atoms with van der Waals surface area (Å²) >= 11 is 0. The number of nitrogens with two attached hydrogens (primary N) is 1. The largest absolute Gasteiger partial charge is 0.508 e. The molecule has 11 aliphatic rings. The number of β-amino-alcohol motifs (C(OH)–C–C–N with tert-alkyl or cyclic N) is 1. The van der Waals surface area contributed by atoms with E-state index in [0.717, 1.165) is 144 Å². The Balaban J connectivity index is 0.938. The normalized spacial score (nSPS) is 45.5. The summed E-state index contributed by atoms with van der Waals surface area (Å²) in [6.45, 7) is 12.4. The lowest BCUT2D eigenvalue weighted by atomic mass is 9.30. The fourth-order valence-electron chi connectivity index (χ4n) is 23.6. The molecule has 0 radical (unpaired) electrons. The van der Waals surface area contributed by atoms with Crippen molar-refractivity contribution in [3.63, 3.8) is 0 Å². The summed E-state index contributed by atoms with van der Waals surface area (Å²) < 4.78 is 7.04. The second-order valence-corrected chi connectivity index (χ2v) is 30.7. The number of carbonyl (C=O) groups is 2. The van der Waals surface area contributed by atoms with Crippen LogP contribution in [0.1, 0.15) is 216 Å². The first-order valence-electron chi connectivity index (χ1n) is 32.9. The van der Waals surface area contributed by atoms with Crippen LogP contribution in [-0.4, -0.2) is 81.6 Å². The van der Waals surface area contributed by atoms with Gasteiger partial charge in [-0.25, -0.2) is 0 Å². The van der Waals surface area contributed by atoms with E-state index in [2.05, 4.69) is 62.6 Å². The predicted molar refractivity (Wildman–Crippen MR) is 315 cm³/mol. The standard InChI is InChI=1S/C70H101N3O7/c1-40(2)27-41-28-45(32-48(71)30-41)50-15-12-16-53(50)67(5)64(80-67)61(77)51-20-18-44-14-11-13-43-17-19-47(38-74)70-35-55-62-68(24-8-7-23-65(3,79)39-73-55)25-9-10-26-69(62,34-52(63(68)78)46-29-42(37-72-6)31-49(75)33-46)57(70)22-21-54-60(59(51)58(43)44)56(76)36-66(54,70)4/h28-33,40,43-44,47,50-53,55,57-59,61-62,64,72-75,77,79H,7-27,34-39,71H2,1-6H3/t43-,44-,47-,50+,51-,52+,53+,55+,57+,58-,59-,61+,62-,64+,65+,66-,67+,68-,69-,70+/m0/s1. The molecule has 8 N–H and O–H groups in total. The smallest absolute Gasteiger partial charge is 0.160 e. The number of hydrogen-bond acceptors (Lipinski definition) is 10. The van der Waals surface area contributed by atoms with Gasteiger partial charge in [0.2, 0.25) is 0 Å². The van der Waals surface area contributed by atoms with E-state index >= 15 is 9.59 Å². The number of nitrogen functional groups attached to an aromatic ring is 1. The van der Waals surface area contributed by atoms with Gasteiger partial charge in [-0.1, -0.05) is 89.8 Å². The molecule has 7 saturated carbocycles. The number of allylic oxidation sites excluding steroid dienone is 2. The van der Waals surface area contributed by atoms with Crippen LogP contribution in [0.15, 0.2) is 47.5 Å². The molecule has 2 saturated heterocycles. The van der Waals surface area contributed by atoms with Gasteiger partial charge in [0.1, 0.15) is 17.6 Å². The fraction of sp³-hybridized carbons (Fsp3) is 0.771. The first kappa shape index (κ1) is 56.0. The molecule has 10 nitrogen and oxygen atoms in total. The van der Waals surface area contributed by atoms with Gasteiger partial charge in [-0.05, 0) is 245 Å². The molecule has 2 aromatic rings. The molecular formula is C70H101N3O7. The van der Waals surface area contributed by atoms with Crippen molar-refractivity contribution in [2.24, 2.45) is 80.8 Å². The van der Waals surface area contributed by atoms with E-state index in [4.69, 9.17) is 10.5 Å². The highest BCUT2D eigenvalue weighted by molar-refractivity contribution is 6.01. The molecule has 1 spiro atoms. The van der Waals surface area contributed by atoms with E-state index in [1.807, 2.05) is 26.1 Å². The van der Waals surface area contributed by atoms with Crippen molar-refractivity contribution >= 4 is 17.3 Å². The molecule has 0 aromatic heterocycles. The molecule has 6 bridgehead atoms. The van der Waals surface area contributed by atoms with Crippen molar-refractivity contribution in [3.05, 3.63) is 69.8 Å². The Labute approximate surface area is 479 Å². The third kappa shape index (κ3) is 8.61. The number of aliphatic hydroxyl groups excluding tert-OH is 2. The number of anilines is 1. The summed E-state index contributed by atoms with van der Waals surface area (Å²) in [4.78, 5) is 32.5. The van der Waals surface area contributed by atoms with E-state index in [-0.39, 0.29) is 71.3 Å². The summed E-state index contributed by atoms with van der Waals surface area (Å²) in [6, 6.07) is 12.6. The van der Waals surface area contributed by atoms with Gasteiger partial charge in [-0.2, -0.15) is 0 Å². The number of ether oxygens (including phenoxy) is 1. The van der Waals surface area contributed by atoms with Gasteiger partial charge in [-0.15, -0.1) is 0 Å². The van der Waals surface area contributed by atoms with Gasteiger partial charge in [0, 0.05) is 54.6 Å². The third-order valence-corrected chi connectivity index (χ3v) is 26.2. The number of carbonyl (C=O) groups excluding carboxylic acids is 2. The van der Waals surface area contributed by atoms with Crippen LogP contribution in [-0.2, 0) is 27.3 Å². The number of benzene rings is 2. The molecule has 20 atom stereocenters. The highest BCUT2D eigenvalue weighted by atomic mass is 16.6. The van der Waals surface area contributed by atoms with E-state index in [9.17, 15) is 20.4 Å². The van der Waals surface area contributed by atoms with Crippen molar-refractivity contribution < 1.29 is 34.8 Å². The number of aromatic hydroxyl groups is 1. The molecule has 2 aliphatic heterocycles. The minimum atomic E-state index is -0.912. The highest BCUT2D eigenvalue weighted by Crippen LogP contribution is 2.80. The monoisotopic (exact) mass is 1100 g/mol. The van der Waals surface area contributed by atoms with Crippen LogP contribution >= 0.6 is 0 Å². The Morgan fingerprint density at radius 2 is 1.54 bits per heavy atom. The number of hydrogen-bond donors (Lipinski definition) is 7. The molecule has 2 aromatic carbocycles. The summed E-state index contributed by atoms with van der Waals surface area (Å²) in [7, 11) is 1.93. The number of rotatable bonds is 10. The second kappa shape index (κ2) is 20.6. The van der Waals surface area contributed by atoms with Crippen molar-refractivity contribution in [3.8, 4) is 5.75 Å². The van der Waals surface area contributed by atoms with Gasteiger partial charge in [0.05, 0.1) is 17.3 Å². The summed E-state index contributed by atoms with van der Waals surface area (Å²) in [5.41, 5.74) is 11.2. The predicted octanol–water partition coefficient (Wildman–Crippen LogP) is 12.0. The Morgan fingerprint density at radius 3 is 2.29 bits per heavy atom. The Hall–Kier alpha value is -3.12. The number of phenolic OH excluding ortho intramolecular Hbond substituents is 1. The van der Waals surface area contributed by atoms with Gasteiger partial charge in [-0.3, -0.25) is 9.59 Å². The Bertz CT molecular complexity index is 2750. The first-order chi connectivity index (χ1) is 38.3. The van der Waals surface area contributed by atoms with Gasteiger partial charge in [0.15, 0.2) is 5.78 Å². The SMILES string of the molecule is CNCc1cc(O)cc([C@H]2C[C@@]34CCCC[C@]5(CCCC[C@@](C)(O)CN[C@H](C[C@@]67[C@H](CO)CC[C@@H]8CCC[C@H]9CC[C@H]([C@@H](O)[C@H]%10O[C@]%10(C)[C@@H]%10CCC[C@@H]%10c%10cc(N)cc(CC(C)C)c%10)[C@H](C%10=C(CC[C@H]36)[C@]7(C)CC%10=O)[C@H]98)[C@@H]54)C2=O)c1. The molecular weight excluding hydrogens is 995 g/mol. The fourth-order valence-corrected chi connectivity index (χ4v) is 23.6. The van der Waals surface area contributed by atoms with Crippen LogP contribution in [0.5, 0.6) is 5.75 Å². The van der Waals surface area contributed by atoms with Crippen molar-refractivity contribution in [1.82, 2.24) is 10.6 Å². The van der Waals surface area contributed by atoms with Crippen LogP contribution in [0.2, 0.25) is 0 Å². The molecule has 9 aliphatic carbocycles. The zero-order valence-electron chi connectivity index (χ0n) is 49.8. The molecule has 9 fully saturated rings. The number of nitrogens with one attached hydrogen (secondary N) is 2. The summed E-state index contributed by atoms with van der Waals surface area (Å²) in [5, 5.41) is 57.0. The van der Waals surface area contributed by atoms with Crippen molar-refractivity contribution in [1.29, 1.82) is 0 Å². The highest BCUT2D eigenvalue weighted by Gasteiger charge is 2.77. The lowest BCUT2D eigenvalue weighted by Crippen LogP contribution is -2.73. The molecule has 0 unspecified atom stereocenters. The molecule has 13 rings (SSSR count). The van der Waals surface area contributed by atoms with Crippen LogP contribution in [0.4, 0.5) is 5.69 Å². The van der Waals surface area contributed by atoms with Gasteiger partial charge in [0.25, 0.3) is 0 Å². The van der Waals surface area contributed by atoms with Crippen molar-refractivity contribution in [2.75, 3.05) is 25.9 Å². The van der Waals surface area contributed by atoms with Gasteiger partial charge < -0.3 is 41.5 Å². The number of epoxide rings is 1. The second-order valence-electron chi connectivity index (χ2n) is 30.7. The van der Waals surface area contributed by atoms with Crippen LogP contribution in [0.25, 0.3) is 0 Å². The Morgan fingerprint density at radius 1 is 0.812 bits per heavy atom.